The molecule has 0 saturated heterocycles. The van der Waals surface area contributed by atoms with Gasteiger partial charge in [0, 0.05) is 39.5 Å². The van der Waals surface area contributed by atoms with Gasteiger partial charge in [-0.2, -0.15) is 0 Å². The Balaban J connectivity index is 1.36. The summed E-state index contributed by atoms with van der Waals surface area (Å²) in [7, 11) is 0. The molecular weight excluding hydrogens is 484 g/mol. The van der Waals surface area contributed by atoms with Crippen molar-refractivity contribution in [3.63, 3.8) is 0 Å². The summed E-state index contributed by atoms with van der Waals surface area (Å²) in [5.41, 5.74) is 6.46. The van der Waals surface area contributed by atoms with E-state index < -0.39 is 5.97 Å². The second kappa shape index (κ2) is 9.91. The second-order valence-corrected chi connectivity index (χ2v) is 10.2. The van der Waals surface area contributed by atoms with Crippen molar-refractivity contribution in [3.8, 4) is 5.75 Å². The molecule has 0 amide bonds. The number of carboxylic acid groups (broad SMARTS) is 1. The third kappa shape index (κ3) is 4.79. The highest BCUT2D eigenvalue weighted by atomic mass is 35.5. The minimum absolute atomic E-state index is 0.00730. The highest BCUT2D eigenvalue weighted by Crippen LogP contribution is 2.41. The first-order valence-electron chi connectivity index (χ1n) is 12.6. The van der Waals surface area contributed by atoms with Gasteiger partial charge in [-0.1, -0.05) is 48.0 Å². The van der Waals surface area contributed by atoms with Crippen molar-refractivity contribution in [2.75, 3.05) is 0 Å². The van der Waals surface area contributed by atoms with E-state index in [4.69, 9.17) is 21.3 Å². The SMILES string of the molecule is O=C(O)CC1CCCc2c1n(Cc1ccc(Cl)cc1)c1ccc(OCc3ccc4ccccc4n3)cc21. The van der Waals surface area contributed by atoms with Crippen molar-refractivity contribution in [1.82, 2.24) is 9.55 Å². The number of ether oxygens (including phenoxy) is 1. The molecule has 1 atom stereocenters. The number of aliphatic carboxylic acids is 1. The lowest BCUT2D eigenvalue weighted by Crippen LogP contribution is -2.17. The zero-order chi connectivity index (χ0) is 25.4. The Labute approximate surface area is 220 Å². The van der Waals surface area contributed by atoms with Crippen LogP contribution in [0, 0.1) is 0 Å². The number of nitrogens with zero attached hydrogens (tertiary/aromatic N) is 2. The van der Waals surface area contributed by atoms with Crippen LogP contribution in [0.2, 0.25) is 5.02 Å². The monoisotopic (exact) mass is 510 g/mol. The fourth-order valence-corrected chi connectivity index (χ4v) is 5.73. The second-order valence-electron chi connectivity index (χ2n) is 9.73. The van der Waals surface area contributed by atoms with Crippen molar-refractivity contribution >= 4 is 39.4 Å². The molecule has 37 heavy (non-hydrogen) atoms. The first kappa shape index (κ1) is 23.6. The zero-order valence-corrected chi connectivity index (χ0v) is 21.1. The van der Waals surface area contributed by atoms with E-state index in [0.717, 1.165) is 63.8 Å². The average Bonchev–Trinajstić information content (AvgIpc) is 3.22. The number of carbonyl (C=O) groups is 1. The maximum atomic E-state index is 11.7. The number of fused-ring (bicyclic) bond motifs is 4. The maximum absolute atomic E-state index is 11.7. The highest BCUT2D eigenvalue weighted by molar-refractivity contribution is 6.30. The Bertz CT molecular complexity index is 1610. The lowest BCUT2D eigenvalue weighted by molar-refractivity contribution is -0.137. The van der Waals surface area contributed by atoms with Gasteiger partial charge in [-0.25, -0.2) is 4.98 Å². The van der Waals surface area contributed by atoms with Gasteiger partial charge in [-0.3, -0.25) is 4.79 Å². The number of benzene rings is 3. The van der Waals surface area contributed by atoms with Gasteiger partial charge in [0.05, 0.1) is 17.6 Å². The van der Waals surface area contributed by atoms with E-state index in [1.165, 1.54) is 5.56 Å². The predicted octanol–water partition coefficient (Wildman–Crippen LogP) is 7.36. The molecule has 0 aliphatic heterocycles. The van der Waals surface area contributed by atoms with Crippen LogP contribution in [0.4, 0.5) is 0 Å². The van der Waals surface area contributed by atoms with Gasteiger partial charge < -0.3 is 14.4 Å². The normalized spacial score (nSPS) is 15.1. The summed E-state index contributed by atoms with van der Waals surface area (Å²) in [5.74, 6) is 0.0226. The third-order valence-electron chi connectivity index (χ3n) is 7.27. The number of rotatable bonds is 7. The fraction of sp³-hybridized carbons (Fsp3) is 0.226. The predicted molar refractivity (Wildman–Crippen MR) is 146 cm³/mol. The number of pyridine rings is 1. The van der Waals surface area contributed by atoms with Crippen LogP contribution >= 0.6 is 11.6 Å². The van der Waals surface area contributed by atoms with Crippen LogP contribution in [-0.4, -0.2) is 20.6 Å². The number of hydrogen-bond acceptors (Lipinski definition) is 3. The van der Waals surface area contributed by atoms with Crippen LogP contribution in [0.25, 0.3) is 21.8 Å². The molecule has 5 nitrogen and oxygen atoms in total. The van der Waals surface area contributed by atoms with Gasteiger partial charge in [0.15, 0.2) is 0 Å². The standard InChI is InChI=1S/C31H27ClN2O3/c32-23-11-8-20(9-12-23)18-34-29-15-14-25(37-19-24-13-10-21-4-1-2-7-28(21)33-24)17-27(29)26-6-3-5-22(31(26)34)16-30(35)36/h1-2,4,7-15,17,22H,3,5-6,16,18-19H2,(H,35,36). The Morgan fingerprint density at radius 3 is 2.73 bits per heavy atom. The summed E-state index contributed by atoms with van der Waals surface area (Å²) in [6, 6.07) is 26.2. The topological polar surface area (TPSA) is 64.3 Å². The molecule has 1 N–H and O–H groups in total. The van der Waals surface area contributed by atoms with Gasteiger partial charge in [0.1, 0.15) is 12.4 Å². The fourth-order valence-electron chi connectivity index (χ4n) is 5.60. The summed E-state index contributed by atoms with van der Waals surface area (Å²) in [6.45, 7) is 1.05. The minimum atomic E-state index is -0.756. The minimum Gasteiger partial charge on any atom is -0.487 e. The van der Waals surface area contributed by atoms with Crippen molar-refractivity contribution in [3.05, 3.63) is 106 Å². The van der Waals surface area contributed by atoms with Crippen LogP contribution in [0.5, 0.6) is 5.75 Å². The van der Waals surface area contributed by atoms with Gasteiger partial charge in [0.2, 0.25) is 0 Å². The van der Waals surface area contributed by atoms with Crippen LogP contribution in [0.3, 0.4) is 0 Å². The van der Waals surface area contributed by atoms with Gasteiger partial charge in [0.25, 0.3) is 0 Å². The molecule has 0 bridgehead atoms. The Kier molecular flexibility index (Phi) is 6.31. The molecule has 3 aromatic carbocycles. The van der Waals surface area contributed by atoms with Crippen molar-refractivity contribution in [2.24, 2.45) is 0 Å². The maximum Gasteiger partial charge on any atom is 0.304 e. The van der Waals surface area contributed by atoms with Crippen molar-refractivity contribution in [1.29, 1.82) is 0 Å². The van der Waals surface area contributed by atoms with Crippen LogP contribution in [0.15, 0.2) is 78.9 Å². The quantitative estimate of drug-likeness (QED) is 0.248. The van der Waals surface area contributed by atoms with Crippen LogP contribution < -0.4 is 4.74 Å². The Hall–Kier alpha value is -3.83. The summed E-state index contributed by atoms with van der Waals surface area (Å²) in [5, 5.41) is 12.6. The molecule has 6 heteroatoms. The smallest absolute Gasteiger partial charge is 0.304 e. The van der Waals surface area contributed by atoms with E-state index in [1.807, 2.05) is 54.6 Å². The van der Waals surface area contributed by atoms with Gasteiger partial charge >= 0.3 is 5.97 Å². The lowest BCUT2D eigenvalue weighted by Gasteiger charge is -2.24. The molecule has 1 unspecified atom stereocenters. The van der Waals surface area contributed by atoms with E-state index in [-0.39, 0.29) is 12.3 Å². The summed E-state index contributed by atoms with van der Waals surface area (Å²) in [6.07, 6.45) is 2.94. The Morgan fingerprint density at radius 1 is 1.05 bits per heavy atom. The molecule has 0 fully saturated rings. The van der Waals surface area contributed by atoms with Crippen LogP contribution in [-0.2, 0) is 24.4 Å². The molecule has 186 valence electrons. The molecule has 1 aliphatic rings. The van der Waals surface area contributed by atoms with Gasteiger partial charge in [-0.15, -0.1) is 0 Å². The van der Waals surface area contributed by atoms with Crippen molar-refractivity contribution in [2.45, 2.75) is 44.8 Å². The van der Waals surface area contributed by atoms with Crippen LogP contribution in [0.1, 0.15) is 47.7 Å². The lowest BCUT2D eigenvalue weighted by atomic mass is 9.84. The molecule has 0 spiro atoms. The number of halogens is 1. The van der Waals surface area contributed by atoms with E-state index in [1.54, 1.807) is 0 Å². The van der Waals surface area contributed by atoms with Crippen molar-refractivity contribution < 1.29 is 14.6 Å². The molecule has 5 aromatic rings. The summed E-state index contributed by atoms with van der Waals surface area (Å²) in [4.78, 5) is 16.4. The molecule has 6 rings (SSSR count). The van der Waals surface area contributed by atoms with Gasteiger partial charge in [-0.05, 0) is 72.9 Å². The zero-order valence-electron chi connectivity index (χ0n) is 20.4. The molecule has 2 aromatic heterocycles. The molecule has 0 saturated carbocycles. The highest BCUT2D eigenvalue weighted by Gasteiger charge is 2.29. The number of carboxylic acids is 1. The summed E-state index contributed by atoms with van der Waals surface area (Å²) < 4.78 is 8.49. The Morgan fingerprint density at radius 2 is 1.89 bits per heavy atom. The molecular formula is C31H27ClN2O3. The molecule has 0 radical (unpaired) electrons. The van der Waals surface area contributed by atoms with E-state index >= 15 is 0 Å². The first-order chi connectivity index (χ1) is 18.0. The van der Waals surface area contributed by atoms with E-state index in [0.29, 0.717) is 18.2 Å². The number of para-hydroxylation sites is 1. The largest absolute Gasteiger partial charge is 0.487 e. The number of hydrogen-bond donors (Lipinski definition) is 1. The number of aromatic nitrogens is 2. The molecule has 2 heterocycles. The third-order valence-corrected chi connectivity index (χ3v) is 7.52. The molecule has 1 aliphatic carbocycles. The van der Waals surface area contributed by atoms with E-state index in [9.17, 15) is 9.90 Å². The summed E-state index contributed by atoms with van der Waals surface area (Å²) >= 11 is 6.11. The first-order valence-corrected chi connectivity index (χ1v) is 13.0. The number of aryl methyl sites for hydroxylation is 1. The van der Waals surface area contributed by atoms with E-state index in [2.05, 4.69) is 28.8 Å². The average molecular weight is 511 g/mol.